The second-order valence-corrected chi connectivity index (χ2v) is 6.20. The Morgan fingerprint density at radius 2 is 1.81 bits per heavy atom. The molecule has 1 heterocycles. The number of nitrogens with two attached hydrogens (primary N) is 1. The normalized spacial score (nSPS) is 15.6. The SMILES string of the molecule is NCCN(CCc1ccccc1)C(=O)CC1Oc2ccccc2NC1=O. The van der Waals surface area contributed by atoms with E-state index in [9.17, 15) is 9.59 Å². The van der Waals surface area contributed by atoms with Gasteiger partial charge in [0.05, 0.1) is 12.1 Å². The van der Waals surface area contributed by atoms with Gasteiger partial charge in [0.25, 0.3) is 5.91 Å². The first-order valence-corrected chi connectivity index (χ1v) is 8.75. The first-order valence-electron chi connectivity index (χ1n) is 8.75. The maximum absolute atomic E-state index is 12.7. The Morgan fingerprint density at radius 1 is 1.08 bits per heavy atom. The Balaban J connectivity index is 1.61. The summed E-state index contributed by atoms with van der Waals surface area (Å²) in [6, 6.07) is 17.2. The van der Waals surface area contributed by atoms with Crippen LogP contribution in [0.3, 0.4) is 0 Å². The van der Waals surface area contributed by atoms with Crippen molar-refractivity contribution in [3.63, 3.8) is 0 Å². The number of anilines is 1. The zero-order chi connectivity index (χ0) is 18.4. The average molecular weight is 353 g/mol. The molecule has 3 N–H and O–H groups in total. The van der Waals surface area contributed by atoms with E-state index in [1.54, 1.807) is 17.0 Å². The summed E-state index contributed by atoms with van der Waals surface area (Å²) in [7, 11) is 0. The van der Waals surface area contributed by atoms with E-state index >= 15 is 0 Å². The summed E-state index contributed by atoms with van der Waals surface area (Å²) in [4.78, 5) is 26.6. The molecule has 0 fully saturated rings. The smallest absolute Gasteiger partial charge is 0.266 e. The second-order valence-electron chi connectivity index (χ2n) is 6.20. The van der Waals surface area contributed by atoms with Crippen LogP contribution in [0.5, 0.6) is 5.75 Å². The number of carbonyl (C=O) groups is 2. The molecule has 26 heavy (non-hydrogen) atoms. The lowest BCUT2D eigenvalue weighted by Crippen LogP contribution is -2.44. The molecule has 0 bridgehead atoms. The largest absolute Gasteiger partial charge is 0.478 e. The zero-order valence-electron chi connectivity index (χ0n) is 14.6. The summed E-state index contributed by atoms with van der Waals surface area (Å²) in [5.41, 5.74) is 7.44. The third-order valence-corrected chi connectivity index (χ3v) is 4.33. The van der Waals surface area contributed by atoms with Crippen LogP contribution in [0.4, 0.5) is 5.69 Å². The average Bonchev–Trinajstić information content (AvgIpc) is 2.66. The first kappa shape index (κ1) is 17.9. The zero-order valence-corrected chi connectivity index (χ0v) is 14.6. The van der Waals surface area contributed by atoms with Crippen molar-refractivity contribution >= 4 is 17.5 Å². The summed E-state index contributed by atoms with van der Waals surface area (Å²) >= 11 is 0. The van der Waals surface area contributed by atoms with E-state index in [1.807, 2.05) is 42.5 Å². The van der Waals surface area contributed by atoms with Crippen LogP contribution in [0.25, 0.3) is 0 Å². The molecule has 0 aliphatic carbocycles. The highest BCUT2D eigenvalue weighted by Gasteiger charge is 2.30. The highest BCUT2D eigenvalue weighted by atomic mass is 16.5. The van der Waals surface area contributed by atoms with Crippen molar-refractivity contribution in [1.82, 2.24) is 4.90 Å². The lowest BCUT2D eigenvalue weighted by atomic mass is 10.1. The van der Waals surface area contributed by atoms with Crippen molar-refractivity contribution in [3.8, 4) is 5.75 Å². The van der Waals surface area contributed by atoms with E-state index in [1.165, 1.54) is 0 Å². The Kier molecular flexibility index (Phi) is 5.86. The highest BCUT2D eigenvalue weighted by Crippen LogP contribution is 2.29. The number of para-hydroxylation sites is 2. The highest BCUT2D eigenvalue weighted by molar-refractivity contribution is 5.99. The minimum absolute atomic E-state index is 0.00500. The van der Waals surface area contributed by atoms with Crippen LogP contribution in [0.1, 0.15) is 12.0 Å². The number of nitrogens with one attached hydrogen (secondary N) is 1. The van der Waals surface area contributed by atoms with E-state index in [2.05, 4.69) is 5.32 Å². The van der Waals surface area contributed by atoms with Crippen molar-refractivity contribution in [2.45, 2.75) is 18.9 Å². The van der Waals surface area contributed by atoms with Gasteiger partial charge in [-0.2, -0.15) is 0 Å². The Hall–Kier alpha value is -2.86. The number of hydrogen-bond acceptors (Lipinski definition) is 4. The molecule has 1 unspecified atom stereocenters. The summed E-state index contributed by atoms with van der Waals surface area (Å²) in [5.74, 6) is 0.151. The first-order chi connectivity index (χ1) is 12.7. The quantitative estimate of drug-likeness (QED) is 0.795. The molecule has 2 aromatic carbocycles. The molecule has 0 saturated carbocycles. The van der Waals surface area contributed by atoms with Crippen LogP contribution in [0, 0.1) is 0 Å². The molecule has 1 atom stereocenters. The van der Waals surface area contributed by atoms with Gasteiger partial charge in [0.2, 0.25) is 5.91 Å². The number of carbonyl (C=O) groups excluding carboxylic acids is 2. The van der Waals surface area contributed by atoms with Gasteiger partial charge in [0, 0.05) is 19.6 Å². The van der Waals surface area contributed by atoms with E-state index in [0.29, 0.717) is 31.1 Å². The van der Waals surface area contributed by atoms with Crippen molar-refractivity contribution < 1.29 is 14.3 Å². The fourth-order valence-corrected chi connectivity index (χ4v) is 2.94. The van der Waals surface area contributed by atoms with Gasteiger partial charge in [0.15, 0.2) is 6.10 Å². The lowest BCUT2D eigenvalue weighted by molar-refractivity contribution is -0.137. The summed E-state index contributed by atoms with van der Waals surface area (Å²) < 4.78 is 5.72. The molecule has 1 aliphatic heterocycles. The van der Waals surface area contributed by atoms with Crippen molar-refractivity contribution in [1.29, 1.82) is 0 Å². The van der Waals surface area contributed by atoms with Gasteiger partial charge in [0.1, 0.15) is 5.75 Å². The molecule has 2 aromatic rings. The van der Waals surface area contributed by atoms with Gasteiger partial charge >= 0.3 is 0 Å². The van der Waals surface area contributed by atoms with E-state index in [4.69, 9.17) is 10.5 Å². The van der Waals surface area contributed by atoms with Crippen LogP contribution in [-0.2, 0) is 16.0 Å². The fraction of sp³-hybridized carbons (Fsp3) is 0.300. The minimum atomic E-state index is -0.825. The number of rotatable bonds is 7. The molecule has 0 spiro atoms. The fourth-order valence-electron chi connectivity index (χ4n) is 2.94. The Bertz CT molecular complexity index is 764. The van der Waals surface area contributed by atoms with Gasteiger partial charge in [-0.3, -0.25) is 9.59 Å². The molecule has 0 aromatic heterocycles. The maximum atomic E-state index is 12.7. The van der Waals surface area contributed by atoms with Crippen molar-refractivity contribution in [2.75, 3.05) is 25.0 Å². The topological polar surface area (TPSA) is 84.7 Å². The molecule has 0 radical (unpaired) electrons. The van der Waals surface area contributed by atoms with E-state index in [-0.39, 0.29) is 18.2 Å². The van der Waals surface area contributed by atoms with Crippen LogP contribution >= 0.6 is 0 Å². The number of fused-ring (bicyclic) bond motifs is 1. The van der Waals surface area contributed by atoms with Gasteiger partial charge in [-0.1, -0.05) is 42.5 Å². The predicted molar refractivity (Wildman–Crippen MR) is 99.9 cm³/mol. The van der Waals surface area contributed by atoms with Gasteiger partial charge < -0.3 is 20.7 Å². The standard InChI is InChI=1S/C20H23N3O3/c21-11-13-23(12-10-15-6-2-1-3-7-15)19(24)14-18-20(25)22-16-8-4-5-9-17(16)26-18/h1-9,18H,10-14,21H2,(H,22,25). The van der Waals surface area contributed by atoms with Gasteiger partial charge in [-0.15, -0.1) is 0 Å². The van der Waals surface area contributed by atoms with Crippen LogP contribution in [-0.4, -0.2) is 42.5 Å². The molecular formula is C20H23N3O3. The van der Waals surface area contributed by atoms with E-state index in [0.717, 1.165) is 12.0 Å². The van der Waals surface area contributed by atoms with Crippen molar-refractivity contribution in [2.24, 2.45) is 5.73 Å². The number of amides is 2. The molecule has 6 nitrogen and oxygen atoms in total. The lowest BCUT2D eigenvalue weighted by Gasteiger charge is -2.28. The number of benzene rings is 2. The third kappa shape index (κ3) is 4.40. The van der Waals surface area contributed by atoms with Crippen molar-refractivity contribution in [3.05, 3.63) is 60.2 Å². The Morgan fingerprint density at radius 3 is 2.58 bits per heavy atom. The van der Waals surface area contributed by atoms with Crippen LogP contribution in [0.15, 0.2) is 54.6 Å². The number of nitrogens with zero attached hydrogens (tertiary/aromatic N) is 1. The number of ether oxygens (including phenoxy) is 1. The number of hydrogen-bond donors (Lipinski definition) is 2. The molecule has 2 amide bonds. The predicted octanol–water partition coefficient (Wildman–Crippen LogP) is 1.81. The summed E-state index contributed by atoms with van der Waals surface area (Å²) in [5, 5.41) is 2.78. The third-order valence-electron chi connectivity index (χ3n) is 4.33. The molecule has 0 saturated heterocycles. The van der Waals surface area contributed by atoms with Crippen LogP contribution < -0.4 is 15.8 Å². The maximum Gasteiger partial charge on any atom is 0.266 e. The van der Waals surface area contributed by atoms with Gasteiger partial charge in [-0.05, 0) is 24.1 Å². The summed E-state index contributed by atoms with van der Waals surface area (Å²) in [6.45, 7) is 1.39. The summed E-state index contributed by atoms with van der Waals surface area (Å²) in [6.07, 6.45) is -0.0864. The molecule has 6 heteroatoms. The second kappa shape index (κ2) is 8.49. The van der Waals surface area contributed by atoms with Crippen LogP contribution in [0.2, 0.25) is 0 Å². The monoisotopic (exact) mass is 353 g/mol. The molecule has 3 rings (SSSR count). The Labute approximate surface area is 152 Å². The molecule has 136 valence electrons. The minimum Gasteiger partial charge on any atom is -0.478 e. The molecule has 1 aliphatic rings. The van der Waals surface area contributed by atoms with E-state index < -0.39 is 6.10 Å². The molecular weight excluding hydrogens is 330 g/mol. The van der Waals surface area contributed by atoms with Gasteiger partial charge in [-0.25, -0.2) is 0 Å².